The third-order valence-electron chi connectivity index (χ3n) is 3.99. The maximum atomic E-state index is 5.46. The van der Waals surface area contributed by atoms with Crippen LogP contribution in [-0.2, 0) is 13.3 Å². The first-order valence-electron chi connectivity index (χ1n) is 8.53. The van der Waals surface area contributed by atoms with Gasteiger partial charge in [0.25, 0.3) is 0 Å². The predicted octanol–water partition coefficient (Wildman–Crippen LogP) is 4.35. The van der Waals surface area contributed by atoms with Crippen molar-refractivity contribution in [1.82, 2.24) is 4.23 Å². The first-order chi connectivity index (χ1) is 10.5. The van der Waals surface area contributed by atoms with E-state index < -0.39 is 25.3 Å². The standard InChI is InChI=1S/C15H39NO3SSi3/c1-17-23(18-2,19-3)15-11-14-20-13-10-12-16(21(4,5)6)22(7,8)9/h10-15H2,1-9H3. The fourth-order valence-electron chi connectivity index (χ4n) is 3.05. The van der Waals surface area contributed by atoms with E-state index in [-0.39, 0.29) is 0 Å². The highest BCUT2D eigenvalue weighted by Crippen LogP contribution is 2.21. The Bertz CT molecular complexity index is 296. The van der Waals surface area contributed by atoms with Crippen molar-refractivity contribution in [2.75, 3.05) is 39.4 Å². The Balaban J connectivity index is 4.01. The van der Waals surface area contributed by atoms with E-state index in [1.165, 1.54) is 18.7 Å². The summed E-state index contributed by atoms with van der Waals surface area (Å²) >= 11 is 2.05. The quantitative estimate of drug-likeness (QED) is 0.340. The Hall–Kier alpha value is 0.841. The van der Waals surface area contributed by atoms with Crippen LogP contribution in [-0.4, -0.2) is 68.9 Å². The molecule has 0 rings (SSSR count). The Labute approximate surface area is 152 Å². The second kappa shape index (κ2) is 10.7. The minimum absolute atomic E-state index is 0.902. The van der Waals surface area contributed by atoms with Crippen molar-refractivity contribution in [2.45, 2.75) is 58.2 Å². The monoisotopic (exact) mass is 397 g/mol. The fraction of sp³-hybridized carbons (Fsp3) is 1.00. The highest BCUT2D eigenvalue weighted by atomic mass is 32.2. The van der Waals surface area contributed by atoms with Gasteiger partial charge in [0.1, 0.15) is 16.5 Å². The van der Waals surface area contributed by atoms with Crippen LogP contribution in [0.25, 0.3) is 0 Å². The molecule has 0 heterocycles. The highest BCUT2D eigenvalue weighted by Gasteiger charge is 2.37. The molecular formula is C15H39NO3SSi3. The van der Waals surface area contributed by atoms with Gasteiger partial charge in [-0.15, -0.1) is 0 Å². The van der Waals surface area contributed by atoms with Gasteiger partial charge in [0, 0.05) is 27.4 Å². The van der Waals surface area contributed by atoms with E-state index in [1.54, 1.807) is 21.3 Å². The molecule has 0 aliphatic heterocycles. The van der Waals surface area contributed by atoms with Crippen molar-refractivity contribution in [2.24, 2.45) is 0 Å². The zero-order chi connectivity index (χ0) is 18.1. The molecule has 0 saturated heterocycles. The summed E-state index contributed by atoms with van der Waals surface area (Å²) in [4.78, 5) is 0. The Morgan fingerprint density at radius 1 is 0.739 bits per heavy atom. The molecule has 0 aromatic heterocycles. The van der Waals surface area contributed by atoms with Crippen LogP contribution in [0.4, 0.5) is 0 Å². The number of nitrogens with zero attached hydrogens (tertiary/aromatic N) is 1. The molecule has 23 heavy (non-hydrogen) atoms. The van der Waals surface area contributed by atoms with Gasteiger partial charge in [0.2, 0.25) is 0 Å². The van der Waals surface area contributed by atoms with Crippen LogP contribution >= 0.6 is 11.8 Å². The molecule has 140 valence electrons. The van der Waals surface area contributed by atoms with Gasteiger partial charge in [0.15, 0.2) is 0 Å². The van der Waals surface area contributed by atoms with Crippen molar-refractivity contribution in [3.05, 3.63) is 0 Å². The molecule has 0 aromatic rings. The molecule has 0 aliphatic carbocycles. The lowest BCUT2D eigenvalue weighted by Crippen LogP contribution is -2.59. The summed E-state index contributed by atoms with van der Waals surface area (Å²) in [7, 11) is 0.310. The fourth-order valence-corrected chi connectivity index (χ4v) is 15.6. The second-order valence-electron chi connectivity index (χ2n) is 7.86. The topological polar surface area (TPSA) is 30.9 Å². The molecule has 0 saturated carbocycles. The molecule has 0 spiro atoms. The van der Waals surface area contributed by atoms with Gasteiger partial charge in [-0.3, -0.25) is 0 Å². The van der Waals surface area contributed by atoms with E-state index in [0.29, 0.717) is 0 Å². The van der Waals surface area contributed by atoms with E-state index in [0.717, 1.165) is 18.2 Å². The zero-order valence-electron chi connectivity index (χ0n) is 16.8. The summed E-state index contributed by atoms with van der Waals surface area (Å²) in [5.41, 5.74) is 0. The van der Waals surface area contributed by atoms with Gasteiger partial charge in [-0.05, 0) is 30.9 Å². The maximum absolute atomic E-state index is 5.46. The largest absolute Gasteiger partial charge is 0.500 e. The summed E-state index contributed by atoms with van der Waals surface area (Å²) in [5, 5.41) is 0. The summed E-state index contributed by atoms with van der Waals surface area (Å²) in [6.07, 6.45) is 2.39. The van der Waals surface area contributed by atoms with Gasteiger partial charge in [0.05, 0.1) is 0 Å². The molecule has 0 aliphatic rings. The number of rotatable bonds is 13. The minimum Gasteiger partial charge on any atom is -0.377 e. The van der Waals surface area contributed by atoms with Gasteiger partial charge in [-0.1, -0.05) is 39.3 Å². The van der Waals surface area contributed by atoms with Gasteiger partial charge >= 0.3 is 8.80 Å². The van der Waals surface area contributed by atoms with Crippen LogP contribution in [0.15, 0.2) is 0 Å². The summed E-state index contributed by atoms with van der Waals surface area (Å²) in [6, 6.07) is 0.902. The Morgan fingerprint density at radius 2 is 1.17 bits per heavy atom. The van der Waals surface area contributed by atoms with Gasteiger partial charge < -0.3 is 17.5 Å². The molecule has 0 aromatic carbocycles. The molecule has 0 radical (unpaired) electrons. The van der Waals surface area contributed by atoms with Crippen LogP contribution < -0.4 is 0 Å². The third kappa shape index (κ3) is 9.20. The van der Waals surface area contributed by atoms with Crippen molar-refractivity contribution in [1.29, 1.82) is 0 Å². The van der Waals surface area contributed by atoms with Crippen molar-refractivity contribution >= 4 is 37.0 Å². The Kier molecular flexibility index (Phi) is 11.1. The van der Waals surface area contributed by atoms with Crippen LogP contribution in [0.3, 0.4) is 0 Å². The number of thioether (sulfide) groups is 1. The molecular weight excluding hydrogens is 358 g/mol. The van der Waals surface area contributed by atoms with E-state index in [2.05, 4.69) is 43.5 Å². The van der Waals surface area contributed by atoms with E-state index >= 15 is 0 Å². The van der Waals surface area contributed by atoms with Gasteiger partial charge in [-0.2, -0.15) is 11.8 Å². The molecule has 8 heteroatoms. The smallest absolute Gasteiger partial charge is 0.377 e. The van der Waals surface area contributed by atoms with E-state index in [4.69, 9.17) is 13.3 Å². The van der Waals surface area contributed by atoms with Crippen LogP contribution in [0.5, 0.6) is 0 Å². The lowest BCUT2D eigenvalue weighted by Gasteiger charge is -2.43. The Morgan fingerprint density at radius 3 is 1.57 bits per heavy atom. The first-order valence-corrected chi connectivity index (χ1v) is 18.5. The average molecular weight is 398 g/mol. The number of hydrogen-bond acceptors (Lipinski definition) is 5. The molecule has 0 N–H and O–H groups in total. The molecule has 0 amide bonds. The second-order valence-corrected chi connectivity index (χ2v) is 22.4. The van der Waals surface area contributed by atoms with E-state index in [1.807, 2.05) is 11.8 Å². The van der Waals surface area contributed by atoms with Crippen LogP contribution in [0, 0.1) is 0 Å². The van der Waals surface area contributed by atoms with Crippen LogP contribution in [0.1, 0.15) is 12.8 Å². The normalized spacial score (nSPS) is 13.8. The lowest BCUT2D eigenvalue weighted by atomic mass is 10.5. The molecule has 4 nitrogen and oxygen atoms in total. The minimum atomic E-state index is -2.36. The average Bonchev–Trinajstić information content (AvgIpc) is 2.44. The predicted molar refractivity (Wildman–Crippen MR) is 112 cm³/mol. The van der Waals surface area contributed by atoms with Crippen molar-refractivity contribution in [3.63, 3.8) is 0 Å². The lowest BCUT2D eigenvalue weighted by molar-refractivity contribution is 0.123. The summed E-state index contributed by atoms with van der Waals surface area (Å²) < 4.78 is 19.2. The highest BCUT2D eigenvalue weighted by molar-refractivity contribution is 7.99. The summed E-state index contributed by atoms with van der Waals surface area (Å²) in [5.74, 6) is 2.40. The first kappa shape index (κ1) is 23.8. The van der Waals surface area contributed by atoms with Crippen molar-refractivity contribution in [3.8, 4) is 0 Å². The maximum Gasteiger partial charge on any atom is 0.500 e. The molecule has 0 unspecified atom stereocenters. The van der Waals surface area contributed by atoms with E-state index in [9.17, 15) is 0 Å². The molecule has 0 bridgehead atoms. The SMILES string of the molecule is CO[Si](CCCSCCCN([Si](C)(C)C)[Si](C)(C)C)(OC)OC. The third-order valence-corrected chi connectivity index (χ3v) is 15.7. The molecule has 0 atom stereocenters. The van der Waals surface area contributed by atoms with Crippen molar-refractivity contribution < 1.29 is 13.3 Å². The molecule has 0 fully saturated rings. The zero-order valence-corrected chi connectivity index (χ0v) is 20.6. The van der Waals surface area contributed by atoms with Gasteiger partial charge in [-0.25, -0.2) is 0 Å². The van der Waals surface area contributed by atoms with Crippen LogP contribution in [0.2, 0.25) is 45.3 Å². The summed E-state index contributed by atoms with van der Waals surface area (Å²) in [6.45, 7) is 16.1. The number of hydrogen-bond donors (Lipinski definition) is 0.